The van der Waals surface area contributed by atoms with Gasteiger partial charge in [-0.15, -0.1) is 0 Å². The van der Waals surface area contributed by atoms with E-state index in [0.717, 1.165) is 0 Å². The number of ether oxygens (including phenoxy) is 3. The Balaban J connectivity index is 2.10. The molecule has 4 aliphatic rings. The van der Waals surface area contributed by atoms with Crippen LogP contribution in [0.5, 0.6) is 0 Å². The van der Waals surface area contributed by atoms with Gasteiger partial charge in [-0.25, -0.2) is 4.79 Å². The van der Waals surface area contributed by atoms with Crippen LogP contribution in [0.3, 0.4) is 0 Å². The Morgan fingerprint density at radius 1 is 1.12 bits per heavy atom. The van der Waals surface area contributed by atoms with E-state index in [9.17, 15) is 29.7 Å². The van der Waals surface area contributed by atoms with Crippen LogP contribution < -0.4 is 0 Å². The first-order chi connectivity index (χ1) is 10.9. The summed E-state index contributed by atoms with van der Waals surface area (Å²) >= 11 is 0. The van der Waals surface area contributed by atoms with Crippen molar-refractivity contribution in [3.63, 3.8) is 0 Å². The first-order valence-electron chi connectivity index (χ1n) is 7.66. The molecule has 4 fully saturated rings. The third kappa shape index (κ3) is 1.17. The minimum absolute atomic E-state index is 0.243. The summed E-state index contributed by atoms with van der Waals surface area (Å²) in [4.78, 5) is 36.6. The van der Waals surface area contributed by atoms with Gasteiger partial charge in [0.1, 0.15) is 11.5 Å². The molecule has 9 heteroatoms. The first-order valence-corrected chi connectivity index (χ1v) is 7.66. The molecule has 0 aromatic carbocycles. The summed E-state index contributed by atoms with van der Waals surface area (Å²) in [6, 6.07) is 0. The highest BCUT2D eigenvalue weighted by Crippen LogP contribution is 2.77. The fourth-order valence-electron chi connectivity index (χ4n) is 5.27. The number of hydrogen-bond donors (Lipinski definition) is 3. The molecule has 4 rings (SSSR count). The molecule has 0 aromatic rings. The van der Waals surface area contributed by atoms with E-state index in [-0.39, 0.29) is 6.42 Å². The van der Waals surface area contributed by atoms with E-state index in [1.54, 1.807) is 20.8 Å². The van der Waals surface area contributed by atoms with E-state index < -0.39 is 64.4 Å². The smallest absolute Gasteiger partial charge is 0.386 e. The summed E-state index contributed by atoms with van der Waals surface area (Å²) in [7, 11) is 0. The molecule has 0 bridgehead atoms. The molecule has 1 saturated carbocycles. The van der Waals surface area contributed by atoms with Crippen molar-refractivity contribution in [1.82, 2.24) is 0 Å². The van der Waals surface area contributed by atoms with Crippen LogP contribution in [0.1, 0.15) is 33.6 Å². The molecule has 1 aliphatic carbocycles. The lowest BCUT2D eigenvalue weighted by molar-refractivity contribution is -0.374. The molecule has 2 spiro atoms. The summed E-state index contributed by atoms with van der Waals surface area (Å²) in [5.74, 6) is -5.87. The summed E-state index contributed by atoms with van der Waals surface area (Å²) in [5, 5.41) is 33.0. The number of esters is 3. The lowest BCUT2D eigenvalue weighted by atomic mass is 9.52. The highest BCUT2D eigenvalue weighted by Gasteiger charge is 2.98. The normalized spacial score (nSPS) is 52.5. The predicted octanol–water partition coefficient (Wildman–Crippen LogP) is -1.42. The molecule has 3 N–H and O–H groups in total. The molecule has 3 heterocycles. The molecule has 0 radical (unpaired) electrons. The molecule has 3 aliphatic heterocycles. The number of hydrogen-bond acceptors (Lipinski definition) is 9. The number of rotatable bonds is 0. The fraction of sp³-hybridized carbons (Fsp3) is 0.800. The van der Waals surface area contributed by atoms with Crippen LogP contribution in [0, 0.1) is 16.2 Å². The van der Waals surface area contributed by atoms with Crippen LogP contribution in [0.4, 0.5) is 0 Å². The van der Waals surface area contributed by atoms with Crippen molar-refractivity contribution in [2.75, 3.05) is 0 Å². The summed E-state index contributed by atoms with van der Waals surface area (Å²) < 4.78 is 14.9. The van der Waals surface area contributed by atoms with E-state index in [1.807, 2.05) is 0 Å². The van der Waals surface area contributed by atoms with Gasteiger partial charge in [-0.3, -0.25) is 9.59 Å². The third-order valence-corrected chi connectivity index (χ3v) is 6.29. The van der Waals surface area contributed by atoms with Crippen molar-refractivity contribution in [2.24, 2.45) is 16.2 Å². The molecule has 9 nitrogen and oxygen atoms in total. The zero-order chi connectivity index (χ0) is 17.9. The van der Waals surface area contributed by atoms with E-state index in [2.05, 4.69) is 0 Å². The molecule has 0 aromatic heterocycles. The van der Waals surface area contributed by atoms with E-state index in [4.69, 9.17) is 14.2 Å². The van der Waals surface area contributed by atoms with Gasteiger partial charge < -0.3 is 29.5 Å². The number of carbonyl (C=O) groups is 3. The lowest BCUT2D eigenvalue weighted by Crippen LogP contribution is -2.68. The molecule has 6 atom stereocenters. The van der Waals surface area contributed by atoms with Crippen LogP contribution >= 0.6 is 0 Å². The second-order valence-electron chi connectivity index (χ2n) is 8.04. The Kier molecular flexibility index (Phi) is 2.47. The Morgan fingerprint density at radius 2 is 1.75 bits per heavy atom. The minimum atomic E-state index is -2.87. The summed E-state index contributed by atoms with van der Waals surface area (Å²) in [6.45, 7) is 4.87. The first kappa shape index (κ1) is 15.8. The highest BCUT2D eigenvalue weighted by molar-refractivity contribution is 5.95. The molecular formula is C15H18O9. The van der Waals surface area contributed by atoms with Crippen LogP contribution in [-0.2, 0) is 28.6 Å². The monoisotopic (exact) mass is 342 g/mol. The maximum atomic E-state index is 12.7. The summed E-state index contributed by atoms with van der Waals surface area (Å²) in [6.07, 6.45) is -3.96. The van der Waals surface area contributed by atoms with Crippen LogP contribution in [0.25, 0.3) is 0 Å². The number of carbonyl (C=O) groups excluding carboxylic acids is 3. The van der Waals surface area contributed by atoms with Crippen molar-refractivity contribution >= 4 is 17.9 Å². The minimum Gasteiger partial charge on any atom is -0.461 e. The second-order valence-corrected chi connectivity index (χ2v) is 8.04. The maximum absolute atomic E-state index is 12.7. The van der Waals surface area contributed by atoms with E-state index >= 15 is 0 Å². The standard InChI is InChI=1S/C15H18O9/c1-11(2,3)13(20)4-6-12(5-7(16)22-6)10(19)24-15(21)14(12,13)8(17)9(18)23-15/h6,8,17,20-21H,4-5H2,1-3H3/t6-,8-,12?,13+,14?,15+/m0/s1. The SMILES string of the molecule is CC(C)(C)[C@]1(O)C[C@@H]2OC(=O)CC23C(=O)O[C@]2(O)OC(=O)[C@H](O)C321. The lowest BCUT2D eigenvalue weighted by Gasteiger charge is -2.51. The van der Waals surface area contributed by atoms with Gasteiger partial charge in [0.25, 0.3) is 0 Å². The van der Waals surface area contributed by atoms with Gasteiger partial charge >= 0.3 is 23.9 Å². The van der Waals surface area contributed by atoms with Gasteiger partial charge in [0.2, 0.25) is 0 Å². The number of aliphatic hydroxyl groups is 3. The zero-order valence-electron chi connectivity index (χ0n) is 13.4. The van der Waals surface area contributed by atoms with Gasteiger partial charge in [0.05, 0.1) is 12.0 Å². The van der Waals surface area contributed by atoms with Crippen LogP contribution in [0.15, 0.2) is 0 Å². The van der Waals surface area contributed by atoms with Crippen molar-refractivity contribution in [1.29, 1.82) is 0 Å². The van der Waals surface area contributed by atoms with Gasteiger partial charge in [0, 0.05) is 6.42 Å². The summed E-state index contributed by atoms with van der Waals surface area (Å²) in [5.41, 5.74) is -7.17. The highest BCUT2D eigenvalue weighted by atomic mass is 16.9. The second kappa shape index (κ2) is 3.76. The Bertz CT molecular complexity index is 696. The Labute approximate surface area is 136 Å². The molecule has 0 amide bonds. The van der Waals surface area contributed by atoms with Gasteiger partial charge in [-0.2, -0.15) is 0 Å². The van der Waals surface area contributed by atoms with Gasteiger partial charge in [-0.05, 0) is 5.41 Å². The van der Waals surface area contributed by atoms with Crippen molar-refractivity contribution in [3.8, 4) is 0 Å². The van der Waals surface area contributed by atoms with Gasteiger partial charge in [-0.1, -0.05) is 20.8 Å². The Morgan fingerprint density at radius 3 is 2.33 bits per heavy atom. The van der Waals surface area contributed by atoms with Crippen molar-refractivity contribution in [3.05, 3.63) is 0 Å². The average molecular weight is 342 g/mol. The van der Waals surface area contributed by atoms with Gasteiger partial charge in [0.15, 0.2) is 11.5 Å². The quantitative estimate of drug-likeness (QED) is 0.452. The molecule has 132 valence electrons. The Hall–Kier alpha value is -1.71. The van der Waals surface area contributed by atoms with Crippen LogP contribution in [-0.4, -0.2) is 57.0 Å². The molecule has 2 unspecified atom stereocenters. The molecular weight excluding hydrogens is 324 g/mol. The number of aliphatic hydroxyl groups excluding tert-OH is 1. The average Bonchev–Trinajstić information content (AvgIpc) is 2.96. The third-order valence-electron chi connectivity index (χ3n) is 6.29. The largest absolute Gasteiger partial charge is 0.461 e. The molecule has 24 heavy (non-hydrogen) atoms. The maximum Gasteiger partial charge on any atom is 0.386 e. The molecule has 3 saturated heterocycles. The van der Waals surface area contributed by atoms with Crippen molar-refractivity contribution in [2.45, 2.75) is 57.4 Å². The van der Waals surface area contributed by atoms with Crippen molar-refractivity contribution < 1.29 is 43.9 Å². The van der Waals surface area contributed by atoms with E-state index in [0.29, 0.717) is 0 Å². The van der Waals surface area contributed by atoms with Crippen LogP contribution in [0.2, 0.25) is 0 Å². The fourth-order valence-corrected chi connectivity index (χ4v) is 5.27. The van der Waals surface area contributed by atoms with E-state index in [1.165, 1.54) is 0 Å². The topological polar surface area (TPSA) is 140 Å². The predicted molar refractivity (Wildman–Crippen MR) is 71.5 cm³/mol. The zero-order valence-corrected chi connectivity index (χ0v) is 13.4.